The number of benzene rings is 1. The molecule has 0 bridgehead atoms. The Labute approximate surface area is 185 Å². The number of rotatable bonds is 9. The third kappa shape index (κ3) is 5.63. The number of carbonyl (C=O) groups is 1. The molecule has 1 unspecified atom stereocenters. The number of sulfonamides is 1. The third-order valence-corrected chi connectivity index (χ3v) is 6.55. The second-order valence-corrected chi connectivity index (χ2v) is 9.03. The van der Waals surface area contributed by atoms with Crippen LogP contribution in [0.3, 0.4) is 0 Å². The maximum absolute atomic E-state index is 13.2. The van der Waals surface area contributed by atoms with Gasteiger partial charge in [0.1, 0.15) is 21.6 Å². The first-order chi connectivity index (χ1) is 14.8. The van der Waals surface area contributed by atoms with E-state index in [9.17, 15) is 13.2 Å². The van der Waals surface area contributed by atoms with E-state index in [4.69, 9.17) is 20.8 Å². The number of amides is 1. The summed E-state index contributed by atoms with van der Waals surface area (Å²) < 4.78 is 38.0. The van der Waals surface area contributed by atoms with E-state index in [0.717, 1.165) is 16.1 Å². The molecule has 0 aliphatic heterocycles. The molecule has 31 heavy (non-hydrogen) atoms. The molecule has 3 rings (SSSR count). The molecule has 0 radical (unpaired) electrons. The largest absolute Gasteiger partial charge is 0.496 e. The fraction of sp³-hybridized carbons (Fsp3) is 0.238. The number of furan rings is 1. The van der Waals surface area contributed by atoms with Gasteiger partial charge in [-0.3, -0.25) is 4.79 Å². The molecule has 8 nitrogen and oxygen atoms in total. The number of nitrogens with one attached hydrogen (secondary N) is 1. The van der Waals surface area contributed by atoms with Crippen LogP contribution in [-0.2, 0) is 21.4 Å². The van der Waals surface area contributed by atoms with E-state index in [1.807, 2.05) is 18.2 Å². The molecule has 1 atom stereocenters. The van der Waals surface area contributed by atoms with Crippen molar-refractivity contribution in [1.29, 1.82) is 0 Å². The maximum Gasteiger partial charge on any atom is 0.245 e. The van der Waals surface area contributed by atoms with Gasteiger partial charge >= 0.3 is 0 Å². The van der Waals surface area contributed by atoms with Crippen molar-refractivity contribution in [1.82, 2.24) is 14.6 Å². The van der Waals surface area contributed by atoms with Gasteiger partial charge < -0.3 is 14.5 Å². The minimum Gasteiger partial charge on any atom is -0.496 e. The van der Waals surface area contributed by atoms with Gasteiger partial charge in [0.15, 0.2) is 0 Å². The summed E-state index contributed by atoms with van der Waals surface area (Å²) in [6.45, 7) is 1.27. The Morgan fingerprint density at radius 3 is 2.65 bits per heavy atom. The van der Waals surface area contributed by atoms with E-state index in [2.05, 4.69) is 10.3 Å². The van der Waals surface area contributed by atoms with Gasteiger partial charge in [0.2, 0.25) is 15.9 Å². The lowest BCUT2D eigenvalue weighted by Gasteiger charge is -2.23. The van der Waals surface area contributed by atoms with Crippen LogP contribution >= 0.6 is 11.6 Å². The van der Waals surface area contributed by atoms with Gasteiger partial charge in [-0.15, -0.1) is 0 Å². The van der Waals surface area contributed by atoms with E-state index in [-0.39, 0.29) is 16.6 Å². The van der Waals surface area contributed by atoms with Gasteiger partial charge in [0.25, 0.3) is 0 Å². The molecule has 0 aliphatic carbocycles. The van der Waals surface area contributed by atoms with E-state index < -0.39 is 28.5 Å². The molecule has 0 fully saturated rings. The number of aromatic nitrogens is 1. The Kier molecular flexibility index (Phi) is 7.32. The minimum absolute atomic E-state index is 0.0750. The number of carbonyl (C=O) groups excluding carboxylic acids is 1. The van der Waals surface area contributed by atoms with Gasteiger partial charge in [0, 0.05) is 11.8 Å². The average Bonchev–Trinajstić information content (AvgIpc) is 3.26. The Morgan fingerprint density at radius 1 is 1.23 bits per heavy atom. The molecule has 164 valence electrons. The number of nitrogens with zero attached hydrogens (tertiary/aromatic N) is 2. The molecule has 1 N–H and O–H groups in total. The molecule has 0 spiro atoms. The Balaban J connectivity index is 1.81. The Morgan fingerprint density at radius 2 is 2.00 bits per heavy atom. The number of halogens is 1. The maximum atomic E-state index is 13.2. The highest BCUT2D eigenvalue weighted by Crippen LogP contribution is 2.24. The fourth-order valence-electron chi connectivity index (χ4n) is 3.02. The lowest BCUT2D eigenvalue weighted by atomic mass is 10.1. The predicted molar refractivity (Wildman–Crippen MR) is 115 cm³/mol. The molecule has 2 heterocycles. The second kappa shape index (κ2) is 9.95. The van der Waals surface area contributed by atoms with Crippen LogP contribution in [0.25, 0.3) is 0 Å². The lowest BCUT2D eigenvalue weighted by molar-refractivity contribution is -0.122. The molecule has 0 saturated heterocycles. The van der Waals surface area contributed by atoms with Crippen LogP contribution in [0.5, 0.6) is 5.75 Å². The highest BCUT2D eigenvalue weighted by atomic mass is 35.5. The molecule has 10 heteroatoms. The summed E-state index contributed by atoms with van der Waals surface area (Å²) in [7, 11) is -2.49. The average molecular weight is 464 g/mol. The highest BCUT2D eigenvalue weighted by Gasteiger charge is 2.28. The van der Waals surface area contributed by atoms with E-state index in [1.54, 1.807) is 32.2 Å². The zero-order valence-corrected chi connectivity index (χ0v) is 18.6. The van der Waals surface area contributed by atoms with E-state index >= 15 is 0 Å². The number of pyridine rings is 1. The Hall–Kier alpha value is -2.88. The van der Waals surface area contributed by atoms with Gasteiger partial charge in [-0.05, 0) is 37.3 Å². The fourth-order valence-corrected chi connectivity index (χ4v) is 4.44. The van der Waals surface area contributed by atoms with Crippen molar-refractivity contribution in [3.63, 3.8) is 0 Å². The standard InChI is InChI=1S/C21H22ClN3O5S/c1-15(18-7-3-4-8-19(18)29-2)24-21(26)14-25(13-16-6-5-11-30-16)31(27,28)17-9-10-20(22)23-12-17/h3-12,15H,13-14H2,1-2H3,(H,24,26). The summed E-state index contributed by atoms with van der Waals surface area (Å²) in [5.41, 5.74) is 0.778. The van der Waals surface area contributed by atoms with Crippen LogP contribution < -0.4 is 10.1 Å². The normalized spacial score (nSPS) is 12.5. The van der Waals surface area contributed by atoms with E-state index in [0.29, 0.717) is 11.5 Å². The molecule has 0 aliphatic rings. The summed E-state index contributed by atoms with van der Waals surface area (Å²) in [6.07, 6.45) is 2.59. The number of para-hydroxylation sites is 1. The van der Waals surface area contributed by atoms with Gasteiger partial charge in [-0.2, -0.15) is 4.31 Å². The molecule has 0 saturated carbocycles. The second-order valence-electron chi connectivity index (χ2n) is 6.70. The van der Waals surface area contributed by atoms with Gasteiger partial charge in [-0.25, -0.2) is 13.4 Å². The third-order valence-electron chi connectivity index (χ3n) is 4.55. The Bertz CT molecular complexity index is 1120. The van der Waals surface area contributed by atoms with Crippen molar-refractivity contribution in [3.8, 4) is 5.75 Å². The first kappa shape index (κ1) is 22.8. The van der Waals surface area contributed by atoms with E-state index in [1.165, 1.54) is 18.4 Å². The monoisotopic (exact) mass is 463 g/mol. The van der Waals surface area contributed by atoms with Crippen molar-refractivity contribution in [2.24, 2.45) is 0 Å². The number of ether oxygens (including phenoxy) is 1. The summed E-state index contributed by atoms with van der Waals surface area (Å²) in [5.74, 6) is 0.550. The molecule has 2 aromatic heterocycles. The topological polar surface area (TPSA) is 102 Å². The lowest BCUT2D eigenvalue weighted by Crippen LogP contribution is -2.41. The molecule has 1 amide bonds. The van der Waals surface area contributed by atoms with Crippen molar-refractivity contribution in [3.05, 3.63) is 77.5 Å². The summed E-state index contributed by atoms with van der Waals surface area (Å²) in [6, 6.07) is 12.9. The van der Waals surface area contributed by atoms with Crippen LogP contribution in [-0.4, -0.2) is 37.3 Å². The predicted octanol–water partition coefficient (Wildman–Crippen LogP) is 3.40. The zero-order valence-electron chi connectivity index (χ0n) is 17.0. The first-order valence-corrected chi connectivity index (χ1v) is 11.2. The quantitative estimate of drug-likeness (QED) is 0.488. The van der Waals surface area contributed by atoms with Crippen molar-refractivity contribution >= 4 is 27.5 Å². The molecule has 1 aromatic carbocycles. The number of hydrogen-bond donors (Lipinski definition) is 1. The van der Waals surface area contributed by atoms with Crippen molar-refractivity contribution in [2.75, 3.05) is 13.7 Å². The summed E-state index contributed by atoms with van der Waals surface area (Å²) in [5, 5.41) is 2.99. The molecular formula is C21H22ClN3O5S. The van der Waals surface area contributed by atoms with Crippen molar-refractivity contribution < 1.29 is 22.4 Å². The van der Waals surface area contributed by atoms with Crippen LogP contribution in [0.2, 0.25) is 5.15 Å². The molecule has 3 aromatic rings. The van der Waals surface area contributed by atoms with Crippen LogP contribution in [0, 0.1) is 0 Å². The van der Waals surface area contributed by atoms with Crippen molar-refractivity contribution in [2.45, 2.75) is 24.4 Å². The highest BCUT2D eigenvalue weighted by molar-refractivity contribution is 7.89. The van der Waals surface area contributed by atoms with Crippen LogP contribution in [0.15, 0.2) is 70.3 Å². The summed E-state index contributed by atoms with van der Waals surface area (Å²) in [4.78, 5) is 16.5. The SMILES string of the molecule is COc1ccccc1C(C)NC(=O)CN(Cc1ccco1)S(=O)(=O)c1ccc(Cl)nc1. The zero-order chi connectivity index (χ0) is 22.4. The minimum atomic E-state index is -4.04. The van der Waals surface area contributed by atoms with Gasteiger partial charge in [0.05, 0.1) is 32.5 Å². The smallest absolute Gasteiger partial charge is 0.245 e. The van der Waals surface area contributed by atoms with Gasteiger partial charge in [-0.1, -0.05) is 29.8 Å². The molecular weight excluding hydrogens is 442 g/mol. The van der Waals surface area contributed by atoms with Crippen LogP contribution in [0.1, 0.15) is 24.3 Å². The van der Waals surface area contributed by atoms with Crippen LogP contribution in [0.4, 0.5) is 0 Å². The first-order valence-electron chi connectivity index (χ1n) is 9.37. The summed E-state index contributed by atoms with van der Waals surface area (Å²) >= 11 is 5.77. The number of methoxy groups -OCH3 is 1. The number of hydrogen-bond acceptors (Lipinski definition) is 6.